The van der Waals surface area contributed by atoms with Gasteiger partial charge in [-0.05, 0) is 12.8 Å². The molecule has 0 aliphatic rings. The number of hydrogen-bond acceptors (Lipinski definition) is 5. The fraction of sp³-hybridized carbons (Fsp3) is 0.636. The zero-order chi connectivity index (χ0) is 12.9. The molecule has 0 saturated carbocycles. The minimum atomic E-state index is -0.748. The predicted molar refractivity (Wildman–Crippen MR) is 67.6 cm³/mol. The summed E-state index contributed by atoms with van der Waals surface area (Å²) in [5, 5.41) is 13.5. The van der Waals surface area contributed by atoms with E-state index >= 15 is 0 Å². The van der Waals surface area contributed by atoms with E-state index in [1.165, 1.54) is 13.3 Å². The summed E-state index contributed by atoms with van der Waals surface area (Å²) < 4.78 is 4.91. The lowest BCUT2D eigenvalue weighted by Gasteiger charge is -2.25. The summed E-state index contributed by atoms with van der Waals surface area (Å²) in [6.45, 7) is 4.26. The molecule has 0 aromatic carbocycles. The highest BCUT2D eigenvalue weighted by Crippen LogP contribution is 2.22. The molecule has 1 aromatic rings. The summed E-state index contributed by atoms with van der Waals surface area (Å²) in [5.74, 6) is 0.471. The van der Waals surface area contributed by atoms with Crippen molar-refractivity contribution >= 4 is 17.4 Å². The number of hydrogen-bond donors (Lipinski definition) is 2. The average Bonchev–Trinajstić information content (AvgIpc) is 2.37. The predicted octanol–water partition coefficient (Wildman–Crippen LogP) is 2.10. The number of aliphatic hydroxyl groups is 1. The monoisotopic (exact) mass is 259 g/mol. The fourth-order valence-electron chi connectivity index (χ4n) is 1.32. The average molecular weight is 260 g/mol. The lowest BCUT2D eigenvalue weighted by Crippen LogP contribution is -2.35. The maximum atomic E-state index is 10.1. The zero-order valence-electron chi connectivity index (χ0n) is 10.3. The minimum absolute atomic E-state index is 0.244. The maximum absolute atomic E-state index is 10.1. The lowest BCUT2D eigenvalue weighted by atomic mass is 9.98. The number of rotatable bonds is 6. The van der Waals surface area contributed by atoms with E-state index in [4.69, 9.17) is 16.3 Å². The van der Waals surface area contributed by atoms with E-state index in [2.05, 4.69) is 15.3 Å². The summed E-state index contributed by atoms with van der Waals surface area (Å²) in [6.07, 6.45) is 2.79. The molecule has 0 radical (unpaired) electrons. The molecule has 6 heteroatoms. The van der Waals surface area contributed by atoms with E-state index in [1.807, 2.05) is 13.8 Å². The van der Waals surface area contributed by atoms with Crippen LogP contribution in [0.4, 0.5) is 5.82 Å². The van der Waals surface area contributed by atoms with Gasteiger partial charge in [-0.3, -0.25) is 0 Å². The first-order valence-electron chi connectivity index (χ1n) is 5.57. The van der Waals surface area contributed by atoms with Gasteiger partial charge < -0.3 is 15.2 Å². The van der Waals surface area contributed by atoms with E-state index in [-0.39, 0.29) is 6.01 Å². The van der Waals surface area contributed by atoms with Crippen molar-refractivity contribution in [1.82, 2.24) is 9.97 Å². The highest BCUT2D eigenvalue weighted by Gasteiger charge is 2.22. The van der Waals surface area contributed by atoms with Gasteiger partial charge in [-0.15, -0.1) is 0 Å². The molecule has 1 aromatic heterocycles. The Morgan fingerprint density at radius 2 is 2.12 bits per heavy atom. The molecule has 2 N–H and O–H groups in total. The number of ether oxygens (including phenoxy) is 1. The molecule has 1 heterocycles. The first kappa shape index (κ1) is 14.0. The van der Waals surface area contributed by atoms with Crippen molar-refractivity contribution in [2.45, 2.75) is 32.3 Å². The second kappa shape index (κ2) is 6.02. The van der Waals surface area contributed by atoms with Crippen LogP contribution >= 0.6 is 11.6 Å². The number of methoxy groups -OCH3 is 1. The van der Waals surface area contributed by atoms with Gasteiger partial charge in [-0.1, -0.05) is 25.4 Å². The summed E-state index contributed by atoms with van der Waals surface area (Å²) in [6, 6.07) is 0.244. The third kappa shape index (κ3) is 3.71. The molecule has 0 atom stereocenters. The second-order valence-corrected chi connectivity index (χ2v) is 4.25. The van der Waals surface area contributed by atoms with E-state index in [0.29, 0.717) is 30.2 Å². The third-order valence-corrected chi connectivity index (χ3v) is 3.08. The fourth-order valence-corrected chi connectivity index (χ4v) is 1.48. The molecule has 0 bridgehead atoms. The molecule has 0 aliphatic carbocycles. The van der Waals surface area contributed by atoms with Crippen LogP contribution < -0.4 is 10.1 Å². The Morgan fingerprint density at radius 1 is 1.47 bits per heavy atom. The molecule has 1 rings (SSSR count). The van der Waals surface area contributed by atoms with Gasteiger partial charge in [0.05, 0.1) is 18.9 Å². The van der Waals surface area contributed by atoms with Crippen molar-refractivity contribution in [2.75, 3.05) is 19.0 Å². The maximum Gasteiger partial charge on any atom is 0.318 e. The Bertz CT molecular complexity index is 370. The van der Waals surface area contributed by atoms with Gasteiger partial charge in [0, 0.05) is 6.54 Å². The second-order valence-electron chi connectivity index (χ2n) is 3.84. The van der Waals surface area contributed by atoms with Crippen LogP contribution in [0.25, 0.3) is 0 Å². The number of aromatic nitrogens is 2. The van der Waals surface area contributed by atoms with Gasteiger partial charge in [-0.2, -0.15) is 4.98 Å². The molecule has 0 amide bonds. The van der Waals surface area contributed by atoms with Gasteiger partial charge in [0.2, 0.25) is 0 Å². The van der Waals surface area contributed by atoms with Crippen LogP contribution in [-0.2, 0) is 0 Å². The van der Waals surface area contributed by atoms with Gasteiger partial charge in [0.15, 0.2) is 5.82 Å². The van der Waals surface area contributed by atoms with Crippen molar-refractivity contribution in [3.8, 4) is 6.01 Å². The largest absolute Gasteiger partial charge is 0.467 e. The Kier molecular flexibility index (Phi) is 4.96. The summed E-state index contributed by atoms with van der Waals surface area (Å²) in [7, 11) is 1.49. The van der Waals surface area contributed by atoms with Crippen molar-refractivity contribution in [3.05, 3.63) is 11.2 Å². The van der Waals surface area contributed by atoms with E-state index in [1.54, 1.807) is 0 Å². The molecule has 0 fully saturated rings. The van der Waals surface area contributed by atoms with E-state index < -0.39 is 5.60 Å². The van der Waals surface area contributed by atoms with Crippen LogP contribution in [0.2, 0.25) is 5.02 Å². The van der Waals surface area contributed by atoms with Crippen LogP contribution in [0.1, 0.15) is 26.7 Å². The Labute approximate surface area is 106 Å². The normalized spacial score (nSPS) is 11.4. The summed E-state index contributed by atoms with van der Waals surface area (Å²) in [5.41, 5.74) is -0.748. The van der Waals surface area contributed by atoms with Crippen LogP contribution in [0.3, 0.4) is 0 Å². The number of nitrogens with zero attached hydrogens (tertiary/aromatic N) is 2. The molecule has 17 heavy (non-hydrogen) atoms. The smallest absolute Gasteiger partial charge is 0.318 e. The molecule has 0 saturated heterocycles. The van der Waals surface area contributed by atoms with E-state index in [0.717, 1.165) is 0 Å². The third-order valence-electron chi connectivity index (χ3n) is 2.81. The van der Waals surface area contributed by atoms with Crippen molar-refractivity contribution < 1.29 is 9.84 Å². The molecule has 96 valence electrons. The van der Waals surface area contributed by atoms with Gasteiger partial charge in [-0.25, -0.2) is 4.98 Å². The Morgan fingerprint density at radius 3 is 2.65 bits per heavy atom. The van der Waals surface area contributed by atoms with E-state index in [9.17, 15) is 5.11 Å². The molecule has 5 nitrogen and oxygen atoms in total. The van der Waals surface area contributed by atoms with Crippen LogP contribution in [0.15, 0.2) is 6.20 Å². The summed E-state index contributed by atoms with van der Waals surface area (Å²) in [4.78, 5) is 7.95. The van der Waals surface area contributed by atoms with Gasteiger partial charge in [0.25, 0.3) is 0 Å². The topological polar surface area (TPSA) is 67.3 Å². The van der Waals surface area contributed by atoms with Crippen LogP contribution in [-0.4, -0.2) is 34.3 Å². The highest BCUT2D eigenvalue weighted by atomic mass is 35.5. The highest BCUT2D eigenvalue weighted by molar-refractivity contribution is 6.32. The van der Waals surface area contributed by atoms with Gasteiger partial charge in [0.1, 0.15) is 5.02 Å². The zero-order valence-corrected chi connectivity index (χ0v) is 11.1. The first-order valence-corrected chi connectivity index (χ1v) is 5.95. The first-order chi connectivity index (χ1) is 8.04. The number of halogens is 1. The van der Waals surface area contributed by atoms with Crippen LogP contribution in [0, 0.1) is 0 Å². The van der Waals surface area contributed by atoms with Gasteiger partial charge >= 0.3 is 6.01 Å². The Hall–Kier alpha value is -1.07. The number of anilines is 1. The number of nitrogens with one attached hydrogen (secondary N) is 1. The standard InChI is InChI=1S/C11H18ClN3O2/c1-4-11(16,5-2)7-14-9-8(12)6-13-10(15-9)17-3/h6,16H,4-5,7H2,1-3H3,(H,13,14,15). The van der Waals surface area contributed by atoms with Crippen molar-refractivity contribution in [3.63, 3.8) is 0 Å². The quantitative estimate of drug-likeness (QED) is 0.819. The van der Waals surface area contributed by atoms with Crippen molar-refractivity contribution in [1.29, 1.82) is 0 Å². The Balaban J connectivity index is 2.74. The molecule has 0 aliphatic heterocycles. The molecule has 0 spiro atoms. The van der Waals surface area contributed by atoms with Crippen molar-refractivity contribution in [2.24, 2.45) is 0 Å². The van der Waals surface area contributed by atoms with Crippen LogP contribution in [0.5, 0.6) is 6.01 Å². The molecular weight excluding hydrogens is 242 g/mol. The molecule has 0 unspecified atom stereocenters. The minimum Gasteiger partial charge on any atom is -0.467 e. The molecular formula is C11H18ClN3O2. The lowest BCUT2D eigenvalue weighted by molar-refractivity contribution is 0.0456. The summed E-state index contributed by atoms with van der Waals surface area (Å²) >= 11 is 5.94. The SMILES string of the molecule is CCC(O)(CC)CNc1nc(OC)ncc1Cl.